The average Bonchev–Trinajstić information content (AvgIpc) is 2.86. The fourth-order valence-corrected chi connectivity index (χ4v) is 2.54. The summed E-state index contributed by atoms with van der Waals surface area (Å²) < 4.78 is 10.6. The van der Waals surface area contributed by atoms with E-state index in [1.165, 1.54) is 0 Å². The molecule has 0 saturated carbocycles. The first-order valence-electron chi connectivity index (χ1n) is 4.91. The van der Waals surface area contributed by atoms with Crippen LogP contribution < -0.4 is 0 Å². The maximum atomic E-state index is 12.3. The second kappa shape index (κ2) is 4.04. The van der Waals surface area contributed by atoms with Crippen LogP contribution in [0.5, 0.6) is 0 Å². The maximum Gasteiger partial charge on any atom is 0.198 e. The third-order valence-electron chi connectivity index (χ3n) is 2.89. The van der Waals surface area contributed by atoms with Gasteiger partial charge in [-0.25, -0.2) is 0 Å². The third-order valence-corrected chi connectivity index (χ3v) is 3.74. The lowest BCUT2D eigenvalue weighted by Gasteiger charge is -2.23. The third kappa shape index (κ3) is 1.73. The van der Waals surface area contributed by atoms with Crippen LogP contribution in [0.4, 0.5) is 0 Å². The van der Waals surface area contributed by atoms with E-state index in [0.29, 0.717) is 19.6 Å². The standard InChI is InChI=1S/C11H14O3S/c1-8-9(3-6-15-8)10(12)11(13-2)4-5-14-7-11/h3,6H,4-5,7H2,1-2H3. The van der Waals surface area contributed by atoms with Crippen molar-refractivity contribution in [2.45, 2.75) is 18.9 Å². The van der Waals surface area contributed by atoms with Crippen LogP contribution >= 0.6 is 11.3 Å². The largest absolute Gasteiger partial charge is 0.378 e. The molecule has 3 nitrogen and oxygen atoms in total. The number of carbonyl (C=O) groups excluding carboxylic acids is 1. The quantitative estimate of drug-likeness (QED) is 0.740. The van der Waals surface area contributed by atoms with Gasteiger partial charge in [0.2, 0.25) is 0 Å². The van der Waals surface area contributed by atoms with Gasteiger partial charge in [0.15, 0.2) is 11.4 Å². The summed E-state index contributed by atoms with van der Waals surface area (Å²) in [7, 11) is 1.58. The lowest BCUT2D eigenvalue weighted by Crippen LogP contribution is -2.41. The molecule has 82 valence electrons. The Morgan fingerprint density at radius 2 is 2.47 bits per heavy atom. The van der Waals surface area contributed by atoms with Crippen LogP contribution in [0.25, 0.3) is 0 Å². The van der Waals surface area contributed by atoms with Gasteiger partial charge >= 0.3 is 0 Å². The molecule has 0 amide bonds. The fraction of sp³-hybridized carbons (Fsp3) is 0.545. The van der Waals surface area contributed by atoms with E-state index >= 15 is 0 Å². The molecule has 2 rings (SSSR count). The van der Waals surface area contributed by atoms with Crippen LogP contribution in [-0.2, 0) is 9.47 Å². The molecule has 0 radical (unpaired) electrons. The Hall–Kier alpha value is -0.710. The van der Waals surface area contributed by atoms with Gasteiger partial charge in [0.1, 0.15) is 0 Å². The topological polar surface area (TPSA) is 35.5 Å². The summed E-state index contributed by atoms with van der Waals surface area (Å²) in [5, 5.41) is 1.93. The van der Waals surface area contributed by atoms with Crippen molar-refractivity contribution in [3.05, 3.63) is 21.9 Å². The molecule has 1 saturated heterocycles. The molecule has 2 heterocycles. The molecule has 0 aromatic carbocycles. The zero-order chi connectivity index (χ0) is 10.9. The number of hydrogen-bond donors (Lipinski definition) is 0. The van der Waals surface area contributed by atoms with Crippen molar-refractivity contribution in [2.24, 2.45) is 0 Å². The minimum Gasteiger partial charge on any atom is -0.378 e. The lowest BCUT2D eigenvalue weighted by molar-refractivity contribution is -0.00340. The van der Waals surface area contributed by atoms with E-state index in [1.54, 1.807) is 18.4 Å². The van der Waals surface area contributed by atoms with Gasteiger partial charge in [0.05, 0.1) is 13.2 Å². The van der Waals surface area contributed by atoms with Crippen LogP contribution in [0.1, 0.15) is 21.7 Å². The summed E-state index contributed by atoms with van der Waals surface area (Å²) in [6.07, 6.45) is 0.650. The first-order chi connectivity index (χ1) is 7.19. The minimum atomic E-state index is -0.744. The lowest BCUT2D eigenvalue weighted by atomic mass is 9.92. The SMILES string of the molecule is COC1(C(=O)c2ccsc2C)CCOC1. The number of methoxy groups -OCH3 is 1. The molecule has 1 aliphatic heterocycles. The molecular formula is C11H14O3S. The number of ether oxygens (including phenoxy) is 2. The van der Waals surface area contributed by atoms with E-state index in [9.17, 15) is 4.79 Å². The Kier molecular flexibility index (Phi) is 2.91. The second-order valence-electron chi connectivity index (χ2n) is 3.72. The van der Waals surface area contributed by atoms with Crippen LogP contribution in [0, 0.1) is 6.92 Å². The highest BCUT2D eigenvalue weighted by Gasteiger charge is 2.43. The Morgan fingerprint density at radius 3 is 2.93 bits per heavy atom. The summed E-state index contributed by atoms with van der Waals surface area (Å²) in [6, 6.07) is 1.86. The van der Waals surface area contributed by atoms with E-state index in [1.807, 2.05) is 18.4 Å². The molecule has 1 atom stereocenters. The molecular weight excluding hydrogens is 212 g/mol. The van der Waals surface area contributed by atoms with Gasteiger partial charge in [-0.3, -0.25) is 4.79 Å². The Balaban J connectivity index is 2.30. The Bertz CT molecular complexity index is 364. The highest BCUT2D eigenvalue weighted by atomic mass is 32.1. The number of hydrogen-bond acceptors (Lipinski definition) is 4. The van der Waals surface area contributed by atoms with Gasteiger partial charge in [0, 0.05) is 24.0 Å². The van der Waals surface area contributed by atoms with Gasteiger partial charge in [-0.1, -0.05) is 0 Å². The van der Waals surface area contributed by atoms with Crippen molar-refractivity contribution in [3.63, 3.8) is 0 Å². The van der Waals surface area contributed by atoms with Gasteiger partial charge in [-0.2, -0.15) is 0 Å². The van der Waals surface area contributed by atoms with Crippen molar-refractivity contribution >= 4 is 17.1 Å². The second-order valence-corrected chi connectivity index (χ2v) is 4.84. The molecule has 0 spiro atoms. The van der Waals surface area contributed by atoms with Crippen molar-refractivity contribution in [3.8, 4) is 0 Å². The zero-order valence-corrected chi connectivity index (χ0v) is 9.73. The van der Waals surface area contributed by atoms with E-state index in [0.717, 1.165) is 10.4 Å². The number of rotatable bonds is 3. The molecule has 1 aromatic rings. The van der Waals surface area contributed by atoms with Crippen molar-refractivity contribution in [1.82, 2.24) is 0 Å². The predicted octanol–water partition coefficient (Wildman–Crippen LogP) is 2.04. The maximum absolute atomic E-state index is 12.3. The molecule has 1 aromatic heterocycles. The van der Waals surface area contributed by atoms with E-state index in [4.69, 9.17) is 9.47 Å². The Morgan fingerprint density at radius 1 is 1.67 bits per heavy atom. The Labute approximate surface area is 93.0 Å². The van der Waals surface area contributed by atoms with Crippen LogP contribution in [0.3, 0.4) is 0 Å². The van der Waals surface area contributed by atoms with E-state index in [-0.39, 0.29) is 5.78 Å². The molecule has 1 aliphatic rings. The van der Waals surface area contributed by atoms with Crippen molar-refractivity contribution in [1.29, 1.82) is 0 Å². The summed E-state index contributed by atoms with van der Waals surface area (Å²) >= 11 is 1.58. The van der Waals surface area contributed by atoms with Crippen LogP contribution in [-0.4, -0.2) is 31.7 Å². The molecule has 0 bridgehead atoms. The zero-order valence-electron chi connectivity index (χ0n) is 8.91. The number of carbonyl (C=O) groups is 1. The van der Waals surface area contributed by atoms with Gasteiger partial charge in [-0.15, -0.1) is 11.3 Å². The summed E-state index contributed by atoms with van der Waals surface area (Å²) in [5.41, 5.74) is 0.0265. The predicted molar refractivity (Wildman–Crippen MR) is 58.6 cm³/mol. The molecule has 1 unspecified atom stereocenters. The number of Topliss-reactive ketones (excluding diaryl/α,β-unsaturated/α-hetero) is 1. The van der Waals surface area contributed by atoms with Crippen LogP contribution in [0.2, 0.25) is 0 Å². The van der Waals surface area contributed by atoms with E-state index < -0.39 is 5.60 Å². The smallest absolute Gasteiger partial charge is 0.198 e. The molecule has 15 heavy (non-hydrogen) atoms. The summed E-state index contributed by atoms with van der Waals surface area (Å²) in [5.74, 6) is 0.0567. The first-order valence-corrected chi connectivity index (χ1v) is 5.79. The van der Waals surface area contributed by atoms with Gasteiger partial charge < -0.3 is 9.47 Å². The summed E-state index contributed by atoms with van der Waals surface area (Å²) in [4.78, 5) is 13.3. The molecule has 0 N–H and O–H groups in total. The normalized spacial score (nSPS) is 25.7. The van der Waals surface area contributed by atoms with Crippen molar-refractivity contribution in [2.75, 3.05) is 20.3 Å². The molecule has 0 aliphatic carbocycles. The monoisotopic (exact) mass is 226 g/mol. The number of ketones is 1. The van der Waals surface area contributed by atoms with Crippen molar-refractivity contribution < 1.29 is 14.3 Å². The number of aryl methyl sites for hydroxylation is 1. The minimum absolute atomic E-state index is 0.0567. The fourth-order valence-electron chi connectivity index (χ4n) is 1.84. The number of thiophene rings is 1. The highest BCUT2D eigenvalue weighted by molar-refractivity contribution is 7.10. The van der Waals surface area contributed by atoms with Crippen LogP contribution in [0.15, 0.2) is 11.4 Å². The first kappa shape index (κ1) is 10.8. The summed E-state index contributed by atoms with van der Waals surface area (Å²) in [6.45, 7) is 2.93. The highest BCUT2D eigenvalue weighted by Crippen LogP contribution is 2.29. The molecule has 4 heteroatoms. The average molecular weight is 226 g/mol. The molecule has 1 fully saturated rings. The van der Waals surface area contributed by atoms with E-state index in [2.05, 4.69) is 0 Å². The van der Waals surface area contributed by atoms with Gasteiger partial charge in [0.25, 0.3) is 0 Å². The van der Waals surface area contributed by atoms with Gasteiger partial charge in [-0.05, 0) is 18.4 Å².